The highest BCUT2D eigenvalue weighted by Gasteiger charge is 2.32. The predicted octanol–water partition coefficient (Wildman–Crippen LogP) is 4.08. The van der Waals surface area contributed by atoms with Crippen LogP contribution >= 0.6 is 11.3 Å². The van der Waals surface area contributed by atoms with E-state index in [1.807, 2.05) is 28.5 Å². The number of aromatic nitrogens is 2. The molecule has 2 heterocycles. The number of carbonyl (C=O) groups is 1. The Kier molecular flexibility index (Phi) is 4.75. The number of halogens is 1. The van der Waals surface area contributed by atoms with Gasteiger partial charge in [0.1, 0.15) is 10.8 Å². The minimum atomic E-state index is -0.285. The van der Waals surface area contributed by atoms with Crippen LogP contribution in [0.5, 0.6) is 0 Å². The Morgan fingerprint density at radius 3 is 2.77 bits per heavy atom. The molecule has 1 aromatic carbocycles. The highest BCUT2D eigenvalue weighted by Crippen LogP contribution is 2.30. The van der Waals surface area contributed by atoms with Gasteiger partial charge in [-0.2, -0.15) is 0 Å². The smallest absolute Gasteiger partial charge is 0.229 e. The van der Waals surface area contributed by atoms with Gasteiger partial charge in [-0.1, -0.05) is 12.1 Å². The van der Waals surface area contributed by atoms with Gasteiger partial charge in [0, 0.05) is 35.9 Å². The van der Waals surface area contributed by atoms with Gasteiger partial charge < -0.3 is 4.90 Å². The third-order valence-electron chi connectivity index (χ3n) is 4.37. The first-order valence-corrected chi connectivity index (χ1v) is 9.46. The van der Waals surface area contributed by atoms with Gasteiger partial charge in [-0.25, -0.2) is 9.37 Å². The molecule has 0 N–H and O–H groups in total. The van der Waals surface area contributed by atoms with Crippen molar-refractivity contribution >= 4 is 17.2 Å². The van der Waals surface area contributed by atoms with Crippen molar-refractivity contribution in [3.63, 3.8) is 0 Å². The van der Waals surface area contributed by atoms with Gasteiger partial charge in [-0.05, 0) is 42.7 Å². The number of rotatable bonds is 6. The van der Waals surface area contributed by atoms with Gasteiger partial charge >= 0.3 is 0 Å². The Labute approximate surface area is 155 Å². The van der Waals surface area contributed by atoms with Crippen molar-refractivity contribution in [1.82, 2.24) is 14.9 Å². The lowest BCUT2D eigenvalue weighted by Crippen LogP contribution is -2.33. The van der Waals surface area contributed by atoms with E-state index >= 15 is 0 Å². The molecule has 2 aromatic heterocycles. The molecular formula is C20H18FN3OS. The van der Waals surface area contributed by atoms with Crippen LogP contribution in [0, 0.1) is 5.82 Å². The van der Waals surface area contributed by atoms with Crippen molar-refractivity contribution in [2.24, 2.45) is 0 Å². The molecule has 3 aromatic rings. The fraction of sp³-hybridized carbons (Fsp3) is 0.250. The summed E-state index contributed by atoms with van der Waals surface area (Å²) in [7, 11) is 0. The maximum Gasteiger partial charge on any atom is 0.229 e. The van der Waals surface area contributed by atoms with Crippen LogP contribution in [0.2, 0.25) is 0 Å². The van der Waals surface area contributed by atoms with Crippen LogP contribution in [-0.4, -0.2) is 26.8 Å². The normalized spacial score (nSPS) is 13.6. The number of carbonyl (C=O) groups excluding carboxylic acids is 1. The quantitative estimate of drug-likeness (QED) is 0.660. The Morgan fingerprint density at radius 1 is 1.23 bits per heavy atom. The van der Waals surface area contributed by atoms with E-state index in [0.717, 1.165) is 34.7 Å². The molecule has 26 heavy (non-hydrogen) atoms. The molecular weight excluding hydrogens is 349 g/mol. The number of benzene rings is 1. The number of hydrogen-bond acceptors (Lipinski definition) is 4. The van der Waals surface area contributed by atoms with Gasteiger partial charge in [0.05, 0.1) is 12.1 Å². The molecule has 4 nitrogen and oxygen atoms in total. The van der Waals surface area contributed by atoms with Crippen LogP contribution in [0.3, 0.4) is 0 Å². The molecule has 0 unspecified atom stereocenters. The second-order valence-corrected chi connectivity index (χ2v) is 7.30. The third-order valence-corrected chi connectivity index (χ3v) is 5.31. The SMILES string of the molecule is O=C(Cc1csc(-c2cccc(F)c2)n1)N(Cc1ccncc1)C1CC1. The minimum Gasteiger partial charge on any atom is -0.335 e. The molecule has 6 heteroatoms. The topological polar surface area (TPSA) is 46.1 Å². The van der Waals surface area contributed by atoms with E-state index in [1.54, 1.807) is 18.5 Å². The molecule has 0 spiro atoms. The second kappa shape index (κ2) is 7.33. The van der Waals surface area contributed by atoms with E-state index in [0.29, 0.717) is 12.6 Å². The molecule has 0 aliphatic heterocycles. The monoisotopic (exact) mass is 367 g/mol. The van der Waals surface area contributed by atoms with Crippen molar-refractivity contribution in [3.05, 3.63) is 71.2 Å². The van der Waals surface area contributed by atoms with Crippen molar-refractivity contribution in [2.45, 2.75) is 31.8 Å². The molecule has 0 saturated heterocycles. The summed E-state index contributed by atoms with van der Waals surface area (Å²) in [4.78, 5) is 23.3. The number of pyridine rings is 1. The summed E-state index contributed by atoms with van der Waals surface area (Å²) in [5, 5.41) is 2.62. The molecule has 1 amide bonds. The molecule has 4 rings (SSSR count). The second-order valence-electron chi connectivity index (χ2n) is 6.44. The summed E-state index contributed by atoms with van der Waals surface area (Å²) >= 11 is 1.44. The van der Waals surface area contributed by atoms with E-state index in [-0.39, 0.29) is 18.1 Å². The zero-order valence-electron chi connectivity index (χ0n) is 14.1. The molecule has 1 fully saturated rings. The van der Waals surface area contributed by atoms with Crippen LogP contribution in [0.15, 0.2) is 54.2 Å². The maximum absolute atomic E-state index is 13.4. The average Bonchev–Trinajstić information content (AvgIpc) is 3.39. The molecule has 0 bridgehead atoms. The fourth-order valence-electron chi connectivity index (χ4n) is 2.89. The Balaban J connectivity index is 1.46. The summed E-state index contributed by atoms with van der Waals surface area (Å²) in [6.45, 7) is 0.604. The van der Waals surface area contributed by atoms with E-state index in [9.17, 15) is 9.18 Å². The highest BCUT2D eigenvalue weighted by molar-refractivity contribution is 7.13. The summed E-state index contributed by atoms with van der Waals surface area (Å²) in [5.74, 6) is -0.201. The van der Waals surface area contributed by atoms with Crippen LogP contribution in [0.4, 0.5) is 4.39 Å². The molecule has 0 atom stereocenters. The maximum atomic E-state index is 13.4. The van der Waals surface area contributed by atoms with Crippen molar-refractivity contribution in [3.8, 4) is 10.6 Å². The first kappa shape index (κ1) is 16.8. The minimum absolute atomic E-state index is 0.0837. The third kappa shape index (κ3) is 3.96. The van der Waals surface area contributed by atoms with Crippen molar-refractivity contribution < 1.29 is 9.18 Å². The Morgan fingerprint density at radius 2 is 2.04 bits per heavy atom. The molecule has 1 aliphatic rings. The van der Waals surface area contributed by atoms with Crippen molar-refractivity contribution in [2.75, 3.05) is 0 Å². The lowest BCUT2D eigenvalue weighted by Gasteiger charge is -2.22. The first-order valence-electron chi connectivity index (χ1n) is 8.58. The highest BCUT2D eigenvalue weighted by atomic mass is 32.1. The molecule has 1 aliphatic carbocycles. The number of amides is 1. The number of thiazole rings is 1. The Hall–Kier alpha value is -2.60. The van der Waals surface area contributed by atoms with Gasteiger partial charge in [-0.15, -0.1) is 11.3 Å². The van der Waals surface area contributed by atoms with E-state index in [4.69, 9.17) is 0 Å². The summed E-state index contributed by atoms with van der Waals surface area (Å²) < 4.78 is 13.4. The van der Waals surface area contributed by atoms with Crippen LogP contribution in [0.25, 0.3) is 10.6 Å². The number of hydrogen-bond donors (Lipinski definition) is 0. The van der Waals surface area contributed by atoms with Crippen LogP contribution in [-0.2, 0) is 17.8 Å². The Bertz CT molecular complexity index is 908. The van der Waals surface area contributed by atoms with E-state index in [1.165, 1.54) is 23.5 Å². The largest absolute Gasteiger partial charge is 0.335 e. The van der Waals surface area contributed by atoms with E-state index in [2.05, 4.69) is 9.97 Å². The lowest BCUT2D eigenvalue weighted by atomic mass is 10.2. The zero-order chi connectivity index (χ0) is 17.9. The van der Waals surface area contributed by atoms with Crippen molar-refractivity contribution in [1.29, 1.82) is 0 Å². The summed E-state index contributed by atoms with van der Waals surface area (Å²) in [6.07, 6.45) is 5.88. The van der Waals surface area contributed by atoms with Gasteiger partial charge in [0.15, 0.2) is 0 Å². The molecule has 1 saturated carbocycles. The molecule has 0 radical (unpaired) electrons. The first-order chi connectivity index (χ1) is 12.7. The van der Waals surface area contributed by atoms with Crippen LogP contribution < -0.4 is 0 Å². The van der Waals surface area contributed by atoms with Gasteiger partial charge in [0.25, 0.3) is 0 Å². The lowest BCUT2D eigenvalue weighted by molar-refractivity contribution is -0.131. The zero-order valence-corrected chi connectivity index (χ0v) is 15.0. The average molecular weight is 367 g/mol. The standard InChI is InChI=1S/C20H18FN3OS/c21-16-3-1-2-15(10-16)20-23-17(13-26-20)11-19(25)24(18-4-5-18)12-14-6-8-22-9-7-14/h1-3,6-10,13,18H,4-5,11-12H2. The molecule has 132 valence electrons. The summed E-state index contributed by atoms with van der Waals surface area (Å²) in [6, 6.07) is 10.6. The van der Waals surface area contributed by atoms with E-state index < -0.39 is 0 Å². The predicted molar refractivity (Wildman–Crippen MR) is 99.0 cm³/mol. The van der Waals surface area contributed by atoms with Crippen LogP contribution in [0.1, 0.15) is 24.1 Å². The summed E-state index contributed by atoms with van der Waals surface area (Å²) in [5.41, 5.74) is 2.56. The van der Waals surface area contributed by atoms with Gasteiger partial charge in [0.2, 0.25) is 5.91 Å². The fourth-order valence-corrected chi connectivity index (χ4v) is 3.71. The number of nitrogens with zero attached hydrogens (tertiary/aromatic N) is 3. The van der Waals surface area contributed by atoms with Gasteiger partial charge in [-0.3, -0.25) is 9.78 Å².